The second kappa shape index (κ2) is 9.63. The Balaban J connectivity index is 0.00000264. The summed E-state index contributed by atoms with van der Waals surface area (Å²) >= 11 is 0. The molecule has 0 unspecified atom stereocenters. The quantitative estimate of drug-likeness (QED) is 0.862. The molecule has 130 valence electrons. The summed E-state index contributed by atoms with van der Waals surface area (Å²) in [6.07, 6.45) is 1.84. The average Bonchev–Trinajstić information content (AvgIpc) is 2.54. The van der Waals surface area contributed by atoms with Crippen LogP contribution >= 0.6 is 12.4 Å². The highest BCUT2D eigenvalue weighted by Gasteiger charge is 2.26. The molecule has 5 nitrogen and oxygen atoms in total. The van der Waals surface area contributed by atoms with Crippen molar-refractivity contribution in [1.29, 1.82) is 0 Å². The van der Waals surface area contributed by atoms with E-state index in [9.17, 15) is 4.79 Å². The number of nitrogens with zero attached hydrogens (tertiary/aromatic N) is 1. The topological polar surface area (TPSA) is 50.8 Å². The fourth-order valence-corrected chi connectivity index (χ4v) is 2.75. The van der Waals surface area contributed by atoms with E-state index in [4.69, 9.17) is 9.47 Å². The van der Waals surface area contributed by atoms with Crippen LogP contribution in [0.4, 0.5) is 0 Å². The first kappa shape index (κ1) is 19.6. The van der Waals surface area contributed by atoms with Crippen molar-refractivity contribution in [2.45, 2.75) is 25.8 Å². The number of ether oxygens (including phenoxy) is 2. The number of halogens is 1. The summed E-state index contributed by atoms with van der Waals surface area (Å²) in [7, 11) is 3.49. The molecule has 1 aliphatic heterocycles. The number of benzene rings is 1. The lowest BCUT2D eigenvalue weighted by molar-refractivity contribution is -0.135. The van der Waals surface area contributed by atoms with Crippen molar-refractivity contribution in [3.63, 3.8) is 0 Å². The van der Waals surface area contributed by atoms with E-state index in [-0.39, 0.29) is 24.2 Å². The van der Waals surface area contributed by atoms with Gasteiger partial charge < -0.3 is 19.7 Å². The fourth-order valence-electron chi connectivity index (χ4n) is 2.75. The van der Waals surface area contributed by atoms with Crippen molar-refractivity contribution in [2.24, 2.45) is 5.92 Å². The Morgan fingerprint density at radius 1 is 1.30 bits per heavy atom. The Labute approximate surface area is 144 Å². The molecule has 1 fully saturated rings. The molecule has 0 radical (unpaired) electrons. The zero-order chi connectivity index (χ0) is 15.9. The minimum absolute atomic E-state index is 0. The van der Waals surface area contributed by atoms with Gasteiger partial charge in [-0.2, -0.15) is 0 Å². The summed E-state index contributed by atoms with van der Waals surface area (Å²) in [6, 6.07) is 7.89. The molecular weight excluding hydrogens is 316 g/mol. The summed E-state index contributed by atoms with van der Waals surface area (Å²) in [6.45, 7) is 4.15. The van der Waals surface area contributed by atoms with E-state index in [0.29, 0.717) is 19.2 Å². The van der Waals surface area contributed by atoms with E-state index in [2.05, 4.69) is 12.2 Å². The number of piperidine rings is 1. The van der Waals surface area contributed by atoms with Gasteiger partial charge in [0, 0.05) is 19.0 Å². The van der Waals surface area contributed by atoms with Crippen LogP contribution in [0.25, 0.3) is 0 Å². The Morgan fingerprint density at radius 2 is 1.96 bits per heavy atom. The van der Waals surface area contributed by atoms with Gasteiger partial charge in [-0.3, -0.25) is 4.79 Å². The van der Waals surface area contributed by atoms with Gasteiger partial charge in [-0.25, -0.2) is 0 Å². The number of amides is 1. The molecule has 1 amide bonds. The van der Waals surface area contributed by atoms with E-state index >= 15 is 0 Å². The highest BCUT2D eigenvalue weighted by atomic mass is 35.5. The van der Waals surface area contributed by atoms with Crippen LogP contribution in [0, 0.1) is 5.92 Å². The third-order valence-corrected chi connectivity index (χ3v) is 4.10. The molecule has 0 aromatic heterocycles. The van der Waals surface area contributed by atoms with Gasteiger partial charge >= 0.3 is 0 Å². The summed E-state index contributed by atoms with van der Waals surface area (Å²) in [4.78, 5) is 14.2. The van der Waals surface area contributed by atoms with E-state index in [1.54, 1.807) is 12.0 Å². The van der Waals surface area contributed by atoms with Gasteiger partial charge in [0.15, 0.2) is 0 Å². The Bertz CT molecular complexity index is 481. The summed E-state index contributed by atoms with van der Waals surface area (Å²) in [5.74, 6) is 1.96. The zero-order valence-corrected chi connectivity index (χ0v) is 14.9. The van der Waals surface area contributed by atoms with Crippen LogP contribution in [0.2, 0.25) is 0 Å². The lowest BCUT2D eigenvalue weighted by atomic mass is 9.92. The van der Waals surface area contributed by atoms with Gasteiger partial charge in [0.05, 0.1) is 13.7 Å². The van der Waals surface area contributed by atoms with Crippen molar-refractivity contribution in [2.75, 3.05) is 33.9 Å². The van der Waals surface area contributed by atoms with Crippen molar-refractivity contribution in [3.8, 4) is 11.5 Å². The molecule has 1 aliphatic rings. The molecule has 0 spiro atoms. The Kier molecular flexibility index (Phi) is 8.20. The molecule has 1 aromatic carbocycles. The maximum absolute atomic E-state index is 12.4. The molecular formula is C17H27ClN2O3. The van der Waals surface area contributed by atoms with Crippen molar-refractivity contribution < 1.29 is 14.3 Å². The molecule has 6 heteroatoms. The van der Waals surface area contributed by atoms with Crippen molar-refractivity contribution in [1.82, 2.24) is 10.2 Å². The predicted octanol–water partition coefficient (Wildman–Crippen LogP) is 2.34. The van der Waals surface area contributed by atoms with Gasteiger partial charge in [-0.1, -0.05) is 0 Å². The molecule has 1 saturated heterocycles. The minimum atomic E-state index is 0. The normalized spacial score (nSPS) is 20.3. The second-order valence-corrected chi connectivity index (χ2v) is 5.86. The number of methoxy groups -OCH3 is 1. The molecule has 23 heavy (non-hydrogen) atoms. The van der Waals surface area contributed by atoms with Crippen LogP contribution in [0.1, 0.15) is 19.8 Å². The van der Waals surface area contributed by atoms with Crippen molar-refractivity contribution in [3.05, 3.63) is 24.3 Å². The third-order valence-electron chi connectivity index (χ3n) is 4.10. The Hall–Kier alpha value is -1.46. The predicted molar refractivity (Wildman–Crippen MR) is 93.6 cm³/mol. The van der Waals surface area contributed by atoms with E-state index < -0.39 is 0 Å². The third kappa shape index (κ3) is 5.92. The lowest BCUT2D eigenvalue weighted by Crippen LogP contribution is -2.43. The SMILES string of the molecule is COc1ccc(OCCN(C)C(=O)[C@H]2CCN[C@@H](C)C2)cc1.Cl. The van der Waals surface area contributed by atoms with E-state index in [1.807, 2.05) is 31.3 Å². The highest BCUT2D eigenvalue weighted by molar-refractivity contribution is 5.85. The molecule has 0 bridgehead atoms. The number of hydrogen-bond donors (Lipinski definition) is 1. The number of carbonyl (C=O) groups is 1. The second-order valence-electron chi connectivity index (χ2n) is 5.86. The number of hydrogen-bond acceptors (Lipinski definition) is 4. The zero-order valence-electron chi connectivity index (χ0n) is 14.1. The van der Waals surface area contributed by atoms with Gasteiger partial charge in [-0.15, -0.1) is 12.4 Å². The number of likely N-dealkylation sites (N-methyl/N-ethyl adjacent to an activating group) is 1. The van der Waals surface area contributed by atoms with Gasteiger partial charge in [0.1, 0.15) is 18.1 Å². The molecule has 1 N–H and O–H groups in total. The maximum Gasteiger partial charge on any atom is 0.225 e. The number of carbonyl (C=O) groups excluding carboxylic acids is 1. The summed E-state index contributed by atoms with van der Waals surface area (Å²) < 4.78 is 10.8. The lowest BCUT2D eigenvalue weighted by Gasteiger charge is -2.30. The maximum atomic E-state index is 12.4. The Morgan fingerprint density at radius 3 is 2.57 bits per heavy atom. The minimum Gasteiger partial charge on any atom is -0.497 e. The van der Waals surface area contributed by atoms with Gasteiger partial charge in [0.25, 0.3) is 0 Å². The number of nitrogens with one attached hydrogen (secondary N) is 1. The van der Waals surface area contributed by atoms with Gasteiger partial charge in [0.2, 0.25) is 5.91 Å². The molecule has 0 aliphatic carbocycles. The summed E-state index contributed by atoms with van der Waals surface area (Å²) in [5.41, 5.74) is 0. The monoisotopic (exact) mass is 342 g/mol. The highest BCUT2D eigenvalue weighted by Crippen LogP contribution is 2.19. The van der Waals surface area contributed by atoms with E-state index in [1.165, 1.54) is 0 Å². The molecule has 2 atom stereocenters. The standard InChI is InChI=1S/C17H26N2O3.ClH/c1-13-12-14(8-9-18-13)17(20)19(2)10-11-22-16-6-4-15(21-3)5-7-16;/h4-7,13-14,18H,8-12H2,1-3H3;1H/t13-,14-;/m0./s1. The van der Waals surface area contributed by atoms with Gasteiger partial charge in [-0.05, 0) is 50.6 Å². The van der Waals surface area contributed by atoms with Crippen LogP contribution < -0.4 is 14.8 Å². The molecule has 2 rings (SSSR count). The van der Waals surface area contributed by atoms with Crippen molar-refractivity contribution >= 4 is 18.3 Å². The largest absolute Gasteiger partial charge is 0.497 e. The first-order valence-corrected chi connectivity index (χ1v) is 7.85. The van der Waals surface area contributed by atoms with Crippen LogP contribution in [0.15, 0.2) is 24.3 Å². The summed E-state index contributed by atoms with van der Waals surface area (Å²) in [5, 5.41) is 3.37. The van der Waals surface area contributed by atoms with Crippen LogP contribution in [-0.4, -0.2) is 50.7 Å². The van der Waals surface area contributed by atoms with E-state index in [0.717, 1.165) is 30.9 Å². The first-order valence-electron chi connectivity index (χ1n) is 7.85. The molecule has 1 aromatic rings. The van der Waals surface area contributed by atoms with Crippen LogP contribution in [-0.2, 0) is 4.79 Å². The first-order chi connectivity index (χ1) is 10.6. The molecule has 1 heterocycles. The van der Waals surface area contributed by atoms with Crippen LogP contribution in [0.5, 0.6) is 11.5 Å². The smallest absolute Gasteiger partial charge is 0.225 e. The average molecular weight is 343 g/mol. The number of rotatable bonds is 6. The molecule has 0 saturated carbocycles. The van der Waals surface area contributed by atoms with Crippen LogP contribution in [0.3, 0.4) is 0 Å². The fraction of sp³-hybridized carbons (Fsp3) is 0.588.